The lowest BCUT2D eigenvalue weighted by atomic mass is 10.2. The molecule has 3 aromatic rings. The molecular formula is C22H22N4O5S. The van der Waals surface area contributed by atoms with E-state index >= 15 is 0 Å². The molecule has 0 bridgehead atoms. The molecule has 0 unspecified atom stereocenters. The lowest BCUT2D eigenvalue weighted by Crippen LogP contribution is -2.29. The van der Waals surface area contributed by atoms with E-state index in [1.54, 1.807) is 12.1 Å². The molecule has 10 heteroatoms. The third-order valence-electron chi connectivity index (χ3n) is 4.39. The number of benzene rings is 2. The van der Waals surface area contributed by atoms with Gasteiger partial charge in [-0.05, 0) is 61.0 Å². The molecule has 0 atom stereocenters. The Labute approximate surface area is 185 Å². The van der Waals surface area contributed by atoms with E-state index in [0.29, 0.717) is 36.3 Å². The van der Waals surface area contributed by atoms with Gasteiger partial charge in [0.2, 0.25) is 0 Å². The minimum absolute atomic E-state index is 0.0110. The molecule has 0 saturated carbocycles. The maximum Gasteiger partial charge on any atom is 0.261 e. The van der Waals surface area contributed by atoms with Crippen LogP contribution in [0.15, 0.2) is 78.0 Å². The number of amides is 2. The number of nitrogens with zero attached hydrogens (tertiary/aromatic N) is 1. The number of carbonyl (C=O) groups excluding carboxylic acids is 2. The molecule has 3 rings (SSSR count). The molecule has 0 aliphatic rings. The number of hydrogen-bond donors (Lipinski definition) is 4. The van der Waals surface area contributed by atoms with E-state index < -0.39 is 10.0 Å². The predicted octanol–water partition coefficient (Wildman–Crippen LogP) is 2.14. The first kappa shape index (κ1) is 22.8. The highest BCUT2D eigenvalue weighted by atomic mass is 32.2. The monoisotopic (exact) mass is 454 g/mol. The topological polar surface area (TPSA) is 137 Å². The minimum Gasteiger partial charge on any atom is -0.508 e. The van der Waals surface area contributed by atoms with Crippen molar-refractivity contribution in [3.63, 3.8) is 0 Å². The number of aromatic nitrogens is 1. The lowest BCUT2D eigenvalue weighted by Gasteiger charge is -2.09. The van der Waals surface area contributed by atoms with Crippen LogP contribution in [-0.4, -0.2) is 43.4 Å². The zero-order valence-corrected chi connectivity index (χ0v) is 17.8. The molecule has 32 heavy (non-hydrogen) atoms. The molecule has 0 aliphatic heterocycles. The highest BCUT2D eigenvalue weighted by molar-refractivity contribution is 7.92. The van der Waals surface area contributed by atoms with Crippen molar-refractivity contribution < 1.29 is 23.1 Å². The fourth-order valence-electron chi connectivity index (χ4n) is 2.76. The van der Waals surface area contributed by atoms with Gasteiger partial charge >= 0.3 is 0 Å². The van der Waals surface area contributed by atoms with E-state index in [9.17, 15) is 23.1 Å². The summed E-state index contributed by atoms with van der Waals surface area (Å²) in [6.45, 7) is 0.662. The minimum atomic E-state index is -3.78. The Kier molecular flexibility index (Phi) is 7.40. The summed E-state index contributed by atoms with van der Waals surface area (Å²) in [4.78, 5) is 28.1. The van der Waals surface area contributed by atoms with E-state index in [0.717, 1.165) is 0 Å². The normalized spacial score (nSPS) is 10.9. The molecule has 0 spiro atoms. The van der Waals surface area contributed by atoms with E-state index in [4.69, 9.17) is 0 Å². The zero-order chi connectivity index (χ0) is 23.0. The number of anilines is 1. The third-order valence-corrected chi connectivity index (χ3v) is 5.79. The molecule has 0 aliphatic carbocycles. The van der Waals surface area contributed by atoms with Crippen LogP contribution in [0.25, 0.3) is 0 Å². The molecule has 4 N–H and O–H groups in total. The smallest absolute Gasteiger partial charge is 0.261 e. The fourth-order valence-corrected chi connectivity index (χ4v) is 3.82. The number of aromatic hydroxyl groups is 1. The molecule has 166 valence electrons. The third kappa shape index (κ3) is 6.29. The Morgan fingerprint density at radius 3 is 2.09 bits per heavy atom. The number of nitrogens with one attached hydrogen (secondary N) is 3. The lowest BCUT2D eigenvalue weighted by molar-refractivity contribution is 0.0951. The number of phenolic OH excluding ortho intramolecular Hbond substituents is 1. The Morgan fingerprint density at radius 1 is 0.844 bits per heavy atom. The van der Waals surface area contributed by atoms with Gasteiger partial charge < -0.3 is 15.7 Å². The summed E-state index contributed by atoms with van der Waals surface area (Å²) in [5.74, 6) is -0.656. The number of phenols is 1. The molecule has 0 fully saturated rings. The SMILES string of the molecule is O=C(NCCCNC(=O)c1cccc(O)c1)c1ccc(S(=O)(=O)Nc2ccncc2)cc1. The maximum atomic E-state index is 12.4. The quantitative estimate of drug-likeness (QED) is 0.366. The Hall–Kier alpha value is -3.92. The number of sulfonamides is 1. The van der Waals surface area contributed by atoms with Gasteiger partial charge in [-0.3, -0.25) is 19.3 Å². The van der Waals surface area contributed by atoms with E-state index in [-0.39, 0.29) is 22.5 Å². The van der Waals surface area contributed by atoms with Crippen molar-refractivity contribution >= 4 is 27.5 Å². The molecular weight excluding hydrogens is 432 g/mol. The van der Waals surface area contributed by atoms with Gasteiger partial charge in [-0.2, -0.15) is 0 Å². The first-order valence-corrected chi connectivity index (χ1v) is 11.2. The van der Waals surface area contributed by atoms with Crippen LogP contribution in [-0.2, 0) is 10.0 Å². The summed E-state index contributed by atoms with van der Waals surface area (Å²) < 4.78 is 27.3. The van der Waals surface area contributed by atoms with Crippen LogP contribution in [0.4, 0.5) is 5.69 Å². The highest BCUT2D eigenvalue weighted by Crippen LogP contribution is 2.16. The fraction of sp³-hybridized carbons (Fsp3) is 0.136. The van der Waals surface area contributed by atoms with Gasteiger partial charge in [0, 0.05) is 36.6 Å². The van der Waals surface area contributed by atoms with Crippen molar-refractivity contribution in [2.45, 2.75) is 11.3 Å². The average Bonchev–Trinajstić information content (AvgIpc) is 2.79. The van der Waals surface area contributed by atoms with Crippen LogP contribution < -0.4 is 15.4 Å². The largest absolute Gasteiger partial charge is 0.508 e. The average molecular weight is 455 g/mol. The van der Waals surface area contributed by atoms with E-state index in [1.165, 1.54) is 60.9 Å². The molecule has 0 radical (unpaired) electrons. The number of rotatable bonds is 9. The van der Waals surface area contributed by atoms with Crippen molar-refractivity contribution in [2.75, 3.05) is 17.8 Å². The molecule has 2 amide bonds. The second-order valence-electron chi connectivity index (χ2n) is 6.78. The summed E-state index contributed by atoms with van der Waals surface area (Å²) in [6, 6.07) is 14.7. The molecule has 0 saturated heterocycles. The zero-order valence-electron chi connectivity index (χ0n) is 17.0. The van der Waals surface area contributed by atoms with Crippen LogP contribution in [0.1, 0.15) is 27.1 Å². The molecule has 9 nitrogen and oxygen atoms in total. The van der Waals surface area contributed by atoms with Crippen LogP contribution in [0, 0.1) is 0 Å². The Balaban J connectivity index is 1.45. The number of carbonyl (C=O) groups is 2. The molecule has 1 aromatic heterocycles. The summed E-state index contributed by atoms with van der Waals surface area (Å²) in [7, 11) is -3.78. The van der Waals surface area contributed by atoms with Gasteiger partial charge in [-0.1, -0.05) is 6.07 Å². The van der Waals surface area contributed by atoms with Crippen molar-refractivity contribution in [3.05, 3.63) is 84.2 Å². The molecule has 2 aromatic carbocycles. The van der Waals surface area contributed by atoms with Crippen LogP contribution in [0.2, 0.25) is 0 Å². The summed E-state index contributed by atoms with van der Waals surface area (Å²) >= 11 is 0. The second kappa shape index (κ2) is 10.4. The Bertz CT molecular complexity index is 1180. The van der Waals surface area contributed by atoms with Crippen LogP contribution >= 0.6 is 0 Å². The van der Waals surface area contributed by atoms with E-state index in [2.05, 4.69) is 20.3 Å². The van der Waals surface area contributed by atoms with Crippen molar-refractivity contribution in [2.24, 2.45) is 0 Å². The highest BCUT2D eigenvalue weighted by Gasteiger charge is 2.15. The maximum absolute atomic E-state index is 12.4. The van der Waals surface area contributed by atoms with Gasteiger partial charge in [-0.25, -0.2) is 8.42 Å². The van der Waals surface area contributed by atoms with Crippen molar-refractivity contribution in [3.8, 4) is 5.75 Å². The number of hydrogen-bond acceptors (Lipinski definition) is 6. The van der Waals surface area contributed by atoms with Crippen LogP contribution in [0.3, 0.4) is 0 Å². The van der Waals surface area contributed by atoms with Crippen molar-refractivity contribution in [1.29, 1.82) is 0 Å². The van der Waals surface area contributed by atoms with Gasteiger partial charge in [0.05, 0.1) is 10.6 Å². The molecule has 1 heterocycles. The summed E-state index contributed by atoms with van der Waals surface area (Å²) in [5, 5.41) is 14.8. The summed E-state index contributed by atoms with van der Waals surface area (Å²) in [6.07, 6.45) is 3.45. The first-order valence-electron chi connectivity index (χ1n) is 9.73. The van der Waals surface area contributed by atoms with E-state index in [1.807, 2.05) is 0 Å². The van der Waals surface area contributed by atoms with Gasteiger partial charge in [0.25, 0.3) is 21.8 Å². The van der Waals surface area contributed by atoms with Crippen molar-refractivity contribution in [1.82, 2.24) is 15.6 Å². The van der Waals surface area contributed by atoms with Gasteiger partial charge in [-0.15, -0.1) is 0 Å². The summed E-state index contributed by atoms with van der Waals surface area (Å²) in [5.41, 5.74) is 1.05. The second-order valence-corrected chi connectivity index (χ2v) is 8.46. The standard InChI is InChI=1S/C22H22N4O5S/c27-19-4-1-3-17(15-19)22(29)25-12-2-11-24-21(28)16-5-7-20(8-6-16)32(30,31)26-18-9-13-23-14-10-18/h1,3-10,13-15,27H,2,11-12H2,(H,23,26)(H,24,28)(H,25,29). The van der Waals surface area contributed by atoms with Crippen LogP contribution in [0.5, 0.6) is 5.75 Å². The number of pyridine rings is 1. The first-order chi connectivity index (χ1) is 15.3. The Morgan fingerprint density at radius 2 is 1.47 bits per heavy atom. The van der Waals surface area contributed by atoms with Gasteiger partial charge in [0.1, 0.15) is 5.75 Å². The van der Waals surface area contributed by atoms with Gasteiger partial charge in [0.15, 0.2) is 0 Å². The predicted molar refractivity (Wildman–Crippen MR) is 119 cm³/mol.